The van der Waals surface area contributed by atoms with Crippen LogP contribution in [0.15, 0.2) is 12.4 Å². The van der Waals surface area contributed by atoms with Crippen LogP contribution in [0.25, 0.3) is 0 Å². The van der Waals surface area contributed by atoms with E-state index in [1.165, 1.54) is 0 Å². The fourth-order valence-electron chi connectivity index (χ4n) is 1.13. The number of hydrogen-bond donors (Lipinski definition) is 2. The Morgan fingerprint density at radius 3 is 2.64 bits per heavy atom. The largest absolute Gasteiger partial charge is 0.387 e. The topological polar surface area (TPSA) is 50.1 Å². The van der Waals surface area contributed by atoms with Crippen molar-refractivity contribution in [2.75, 3.05) is 6.54 Å². The summed E-state index contributed by atoms with van der Waals surface area (Å²) in [5.74, 6) is 0. The molecule has 1 atom stereocenters. The SMILES string of the molecule is Cn1cc(C(O)CNC(C)(C)C)cn1. The van der Waals surface area contributed by atoms with Gasteiger partial charge in [0.25, 0.3) is 0 Å². The van der Waals surface area contributed by atoms with Crippen LogP contribution in [-0.2, 0) is 7.05 Å². The Balaban J connectivity index is 2.47. The lowest BCUT2D eigenvalue weighted by atomic mass is 10.1. The molecule has 0 aliphatic carbocycles. The van der Waals surface area contributed by atoms with Gasteiger partial charge in [-0.05, 0) is 20.8 Å². The Morgan fingerprint density at radius 1 is 1.57 bits per heavy atom. The summed E-state index contributed by atoms with van der Waals surface area (Å²) in [5, 5.41) is 17.0. The highest BCUT2D eigenvalue weighted by atomic mass is 16.3. The highest BCUT2D eigenvalue weighted by Gasteiger charge is 2.14. The van der Waals surface area contributed by atoms with Crippen LogP contribution in [-0.4, -0.2) is 27.0 Å². The molecule has 1 rings (SSSR count). The number of rotatable bonds is 3. The summed E-state index contributed by atoms with van der Waals surface area (Å²) in [7, 11) is 1.84. The zero-order valence-electron chi connectivity index (χ0n) is 9.28. The van der Waals surface area contributed by atoms with Crippen LogP contribution in [0.3, 0.4) is 0 Å². The van der Waals surface area contributed by atoms with Gasteiger partial charge in [-0.15, -0.1) is 0 Å². The maximum absolute atomic E-state index is 9.78. The molecule has 4 heteroatoms. The smallest absolute Gasteiger partial charge is 0.0944 e. The van der Waals surface area contributed by atoms with Crippen molar-refractivity contribution in [1.82, 2.24) is 15.1 Å². The predicted octanol–water partition coefficient (Wildman–Crippen LogP) is 0.842. The van der Waals surface area contributed by atoms with Gasteiger partial charge in [-0.2, -0.15) is 5.10 Å². The molecule has 0 amide bonds. The number of aromatic nitrogens is 2. The normalized spacial score (nSPS) is 14.4. The van der Waals surface area contributed by atoms with Crippen molar-refractivity contribution in [2.45, 2.75) is 32.4 Å². The lowest BCUT2D eigenvalue weighted by Crippen LogP contribution is -2.38. The molecule has 80 valence electrons. The van der Waals surface area contributed by atoms with Crippen LogP contribution >= 0.6 is 0 Å². The van der Waals surface area contributed by atoms with Gasteiger partial charge in [0.05, 0.1) is 12.3 Å². The van der Waals surface area contributed by atoms with E-state index in [1.54, 1.807) is 10.9 Å². The Labute approximate surface area is 84.9 Å². The molecule has 0 saturated heterocycles. The average Bonchev–Trinajstić information content (AvgIpc) is 2.46. The molecule has 1 aromatic heterocycles. The monoisotopic (exact) mass is 197 g/mol. The number of hydrogen-bond acceptors (Lipinski definition) is 3. The van der Waals surface area contributed by atoms with E-state index in [0.717, 1.165) is 5.56 Å². The minimum absolute atomic E-state index is 0.0309. The Hall–Kier alpha value is -0.870. The zero-order chi connectivity index (χ0) is 10.8. The summed E-state index contributed by atoms with van der Waals surface area (Å²) in [5.41, 5.74) is 0.882. The number of β-amino-alcohol motifs (C(OH)–C–C–N with tert-alkyl or cyclic N) is 1. The minimum Gasteiger partial charge on any atom is -0.387 e. The molecule has 14 heavy (non-hydrogen) atoms. The highest BCUT2D eigenvalue weighted by molar-refractivity contribution is 5.08. The quantitative estimate of drug-likeness (QED) is 0.755. The first kappa shape index (κ1) is 11.2. The van der Waals surface area contributed by atoms with Gasteiger partial charge in [-0.1, -0.05) is 0 Å². The van der Waals surface area contributed by atoms with Gasteiger partial charge in [0, 0.05) is 30.9 Å². The van der Waals surface area contributed by atoms with Crippen LogP contribution in [0, 0.1) is 0 Å². The van der Waals surface area contributed by atoms with Crippen LogP contribution in [0.2, 0.25) is 0 Å². The Morgan fingerprint density at radius 2 is 2.21 bits per heavy atom. The molecule has 0 saturated carbocycles. The fourth-order valence-corrected chi connectivity index (χ4v) is 1.13. The standard InChI is InChI=1S/C10H19N3O/c1-10(2,3)11-6-9(14)8-5-12-13(4)7-8/h5,7,9,11,14H,6H2,1-4H3. The Bertz CT molecular complexity index is 288. The maximum Gasteiger partial charge on any atom is 0.0944 e. The van der Waals surface area contributed by atoms with E-state index in [2.05, 4.69) is 31.2 Å². The van der Waals surface area contributed by atoms with Crippen LogP contribution in [0.1, 0.15) is 32.4 Å². The lowest BCUT2D eigenvalue weighted by molar-refractivity contribution is 0.163. The van der Waals surface area contributed by atoms with Crippen molar-refractivity contribution in [3.05, 3.63) is 18.0 Å². The Kier molecular flexibility index (Phi) is 3.29. The van der Waals surface area contributed by atoms with E-state index < -0.39 is 6.10 Å². The summed E-state index contributed by atoms with van der Waals surface area (Å²) >= 11 is 0. The summed E-state index contributed by atoms with van der Waals surface area (Å²) in [6.07, 6.45) is 3.03. The molecule has 4 nitrogen and oxygen atoms in total. The molecule has 0 aliphatic heterocycles. The minimum atomic E-state index is -0.483. The average molecular weight is 197 g/mol. The second-order valence-corrected chi connectivity index (χ2v) is 4.59. The van der Waals surface area contributed by atoms with E-state index in [9.17, 15) is 5.11 Å². The maximum atomic E-state index is 9.78. The first-order valence-electron chi connectivity index (χ1n) is 4.80. The second-order valence-electron chi connectivity index (χ2n) is 4.59. The van der Waals surface area contributed by atoms with Gasteiger partial charge in [-0.3, -0.25) is 4.68 Å². The van der Waals surface area contributed by atoms with Crippen molar-refractivity contribution in [2.24, 2.45) is 7.05 Å². The summed E-state index contributed by atoms with van der Waals surface area (Å²) in [4.78, 5) is 0. The number of aryl methyl sites for hydroxylation is 1. The van der Waals surface area contributed by atoms with Gasteiger partial charge in [0.2, 0.25) is 0 Å². The summed E-state index contributed by atoms with van der Waals surface area (Å²) in [6.45, 7) is 6.77. The molecule has 0 aromatic carbocycles. The van der Waals surface area contributed by atoms with Crippen LogP contribution in [0.5, 0.6) is 0 Å². The number of aliphatic hydroxyl groups excluding tert-OH is 1. The van der Waals surface area contributed by atoms with Gasteiger partial charge in [-0.25, -0.2) is 0 Å². The molecule has 1 heterocycles. The molecule has 0 fully saturated rings. The van der Waals surface area contributed by atoms with Crippen molar-refractivity contribution in [1.29, 1.82) is 0 Å². The summed E-state index contributed by atoms with van der Waals surface area (Å²) in [6, 6.07) is 0. The van der Waals surface area contributed by atoms with Crippen molar-refractivity contribution < 1.29 is 5.11 Å². The lowest BCUT2D eigenvalue weighted by Gasteiger charge is -2.22. The molecule has 1 aromatic rings. The first-order valence-corrected chi connectivity index (χ1v) is 4.80. The molecular weight excluding hydrogens is 178 g/mol. The van der Waals surface area contributed by atoms with Crippen molar-refractivity contribution in [3.8, 4) is 0 Å². The van der Waals surface area contributed by atoms with Crippen LogP contribution in [0.4, 0.5) is 0 Å². The number of aliphatic hydroxyl groups is 1. The zero-order valence-corrected chi connectivity index (χ0v) is 9.28. The van der Waals surface area contributed by atoms with E-state index in [0.29, 0.717) is 6.54 Å². The molecule has 2 N–H and O–H groups in total. The van der Waals surface area contributed by atoms with E-state index in [1.807, 2.05) is 13.2 Å². The third-order valence-corrected chi connectivity index (χ3v) is 1.94. The number of nitrogens with zero attached hydrogens (tertiary/aromatic N) is 2. The molecule has 1 unspecified atom stereocenters. The summed E-state index contributed by atoms with van der Waals surface area (Å²) < 4.78 is 1.69. The second kappa shape index (κ2) is 4.11. The first-order chi connectivity index (χ1) is 6.38. The molecule has 0 bridgehead atoms. The van der Waals surface area contributed by atoms with E-state index in [-0.39, 0.29) is 5.54 Å². The molecule has 0 radical (unpaired) electrons. The third kappa shape index (κ3) is 3.47. The predicted molar refractivity (Wildman–Crippen MR) is 55.9 cm³/mol. The van der Waals surface area contributed by atoms with E-state index >= 15 is 0 Å². The van der Waals surface area contributed by atoms with Gasteiger partial charge in [0.1, 0.15) is 0 Å². The van der Waals surface area contributed by atoms with Gasteiger partial charge >= 0.3 is 0 Å². The highest BCUT2D eigenvalue weighted by Crippen LogP contribution is 2.11. The van der Waals surface area contributed by atoms with Crippen LogP contribution < -0.4 is 5.32 Å². The van der Waals surface area contributed by atoms with Crippen molar-refractivity contribution in [3.63, 3.8) is 0 Å². The van der Waals surface area contributed by atoms with Gasteiger partial charge < -0.3 is 10.4 Å². The number of nitrogens with one attached hydrogen (secondary N) is 1. The third-order valence-electron chi connectivity index (χ3n) is 1.94. The van der Waals surface area contributed by atoms with Crippen molar-refractivity contribution >= 4 is 0 Å². The van der Waals surface area contributed by atoms with Gasteiger partial charge in [0.15, 0.2) is 0 Å². The molecule has 0 aliphatic rings. The fraction of sp³-hybridized carbons (Fsp3) is 0.700. The molecular formula is C10H19N3O. The molecule has 0 spiro atoms. The van der Waals surface area contributed by atoms with E-state index in [4.69, 9.17) is 0 Å².